The number of hydrogen-bond donors (Lipinski definition) is 1. The maximum Gasteiger partial charge on any atom is 0.0542 e. The molecule has 1 N–H and O–H groups in total. The van der Waals surface area contributed by atoms with E-state index in [1.807, 2.05) is 18.2 Å². The van der Waals surface area contributed by atoms with Gasteiger partial charge in [-0.25, -0.2) is 0 Å². The van der Waals surface area contributed by atoms with Gasteiger partial charge in [-0.2, -0.15) is 0 Å². The van der Waals surface area contributed by atoms with Crippen LogP contribution in [0.25, 0.3) is 76.5 Å². The van der Waals surface area contributed by atoms with Crippen LogP contribution in [0.5, 0.6) is 0 Å². The van der Waals surface area contributed by atoms with Crippen molar-refractivity contribution in [3.05, 3.63) is 366 Å². The molecule has 0 spiro atoms. The Morgan fingerprint density at radius 2 is 0.649 bits per heavy atom. The number of fused-ring (bicyclic) bond motifs is 8. The lowest BCUT2D eigenvalue weighted by Gasteiger charge is -2.39. The summed E-state index contributed by atoms with van der Waals surface area (Å²) in [6.07, 6.45) is 12.9. The largest absolute Gasteiger partial charge is 0.356 e. The molecule has 0 radical (unpaired) electrons. The number of benzene rings is 14. The molecule has 0 atom stereocenters. The first-order valence-corrected chi connectivity index (χ1v) is 35.5. The molecule has 0 amide bonds. The lowest BCUT2D eigenvalue weighted by Crippen LogP contribution is -2.30. The Morgan fingerprint density at radius 3 is 1.16 bits per heavy atom. The lowest BCUT2D eigenvalue weighted by atomic mass is 9.65. The standard InChI is InChI=1S/C46H38N2.C28H20N2.C18H19Br/c1-4-16-36(17-5-1)46(30-12-3-13-31-46)37-23-26-39(27-24-37)47(38-18-6-2-7-19-38)41-28-29-45-43(33-41)42-20-10-11-21-44(42)48(45)40-25-22-34-14-8-9-15-35(34)32-40;1-2-10-22(11-3-1)29-23-15-17-28-26(19-23)25-12-6-7-13-27(25)30(28)24-16-14-20-8-4-5-9-21(20)18-24;19-17-11-9-16(10-12-17)18(13-5-2-6-14-18)15-7-3-1-4-8-15/h1-2,4-11,14-29,32-33H,3,12-13,30-31H2;1-19,29H;1,3-4,7-12H,2,5-6,13-14H2. The van der Waals surface area contributed by atoms with E-state index >= 15 is 0 Å². The molecule has 2 aliphatic rings. The van der Waals surface area contributed by atoms with Crippen LogP contribution in [0.3, 0.4) is 0 Å². The van der Waals surface area contributed by atoms with Crippen molar-refractivity contribution in [2.45, 2.75) is 75.0 Å². The molecule has 2 saturated carbocycles. The van der Waals surface area contributed by atoms with E-state index in [0.29, 0.717) is 0 Å². The van der Waals surface area contributed by atoms with Gasteiger partial charge in [0.1, 0.15) is 0 Å². The predicted molar refractivity (Wildman–Crippen MR) is 416 cm³/mol. The summed E-state index contributed by atoms with van der Waals surface area (Å²) in [5.74, 6) is 0. The molecule has 2 aliphatic carbocycles. The highest BCUT2D eigenvalue weighted by Crippen LogP contribution is 2.48. The van der Waals surface area contributed by atoms with Gasteiger partial charge in [0.25, 0.3) is 0 Å². The van der Waals surface area contributed by atoms with Crippen molar-refractivity contribution < 1.29 is 0 Å². The Balaban J connectivity index is 0.000000127. The maximum absolute atomic E-state index is 3.54. The Hall–Kier alpha value is -10.7. The molecule has 0 unspecified atom stereocenters. The molecule has 16 aromatic rings. The summed E-state index contributed by atoms with van der Waals surface area (Å²) in [6, 6.07) is 123. The van der Waals surface area contributed by atoms with E-state index in [-0.39, 0.29) is 10.8 Å². The van der Waals surface area contributed by atoms with Crippen LogP contribution in [0.1, 0.15) is 86.5 Å². The monoisotopic (exact) mass is 1320 g/mol. The summed E-state index contributed by atoms with van der Waals surface area (Å²) >= 11 is 3.54. The van der Waals surface area contributed by atoms with Gasteiger partial charge in [0.2, 0.25) is 0 Å². The zero-order chi connectivity index (χ0) is 65.0. The van der Waals surface area contributed by atoms with Crippen LogP contribution in [0.15, 0.2) is 344 Å². The van der Waals surface area contributed by atoms with Crippen molar-refractivity contribution in [2.24, 2.45) is 0 Å². The number of aromatic nitrogens is 2. The fourth-order valence-corrected chi connectivity index (χ4v) is 16.3. The zero-order valence-electron chi connectivity index (χ0n) is 54.6. The molecule has 14 aromatic carbocycles. The summed E-state index contributed by atoms with van der Waals surface area (Å²) in [6.45, 7) is 0. The summed E-state index contributed by atoms with van der Waals surface area (Å²) in [5, 5.41) is 13.6. The van der Waals surface area contributed by atoms with Gasteiger partial charge in [-0.3, -0.25) is 0 Å². The average Bonchev–Trinajstić information content (AvgIpc) is 1.33. The minimum atomic E-state index is 0.0825. The number of halogens is 1. The second-order valence-corrected chi connectivity index (χ2v) is 27.4. The van der Waals surface area contributed by atoms with Crippen LogP contribution in [0, 0.1) is 0 Å². The topological polar surface area (TPSA) is 25.1 Å². The predicted octanol–water partition coefficient (Wildman–Crippen LogP) is 26.0. The zero-order valence-corrected chi connectivity index (χ0v) is 56.2. The molecule has 0 saturated heterocycles. The third-order valence-corrected chi connectivity index (χ3v) is 21.3. The minimum absolute atomic E-state index is 0.0825. The number of rotatable bonds is 11. The van der Waals surface area contributed by atoms with Gasteiger partial charge in [-0.05, 0) is 191 Å². The molecule has 2 heterocycles. The van der Waals surface area contributed by atoms with E-state index < -0.39 is 0 Å². The van der Waals surface area contributed by atoms with E-state index in [1.165, 1.54) is 169 Å². The molecular formula is C92H77BrN4. The van der Waals surface area contributed by atoms with Crippen molar-refractivity contribution in [3.8, 4) is 11.4 Å². The van der Waals surface area contributed by atoms with Crippen molar-refractivity contribution in [2.75, 3.05) is 10.2 Å². The fourth-order valence-electron chi connectivity index (χ4n) is 16.1. The van der Waals surface area contributed by atoms with Crippen molar-refractivity contribution >= 4 is 110 Å². The molecule has 0 aliphatic heterocycles. The Kier molecular flexibility index (Phi) is 17.1. The number of anilines is 5. The van der Waals surface area contributed by atoms with E-state index in [4.69, 9.17) is 0 Å². The first kappa shape index (κ1) is 61.2. The van der Waals surface area contributed by atoms with Gasteiger partial charge in [-0.1, -0.05) is 273 Å². The molecule has 2 fully saturated rings. The van der Waals surface area contributed by atoms with Crippen LogP contribution in [0.4, 0.5) is 28.4 Å². The highest BCUT2D eigenvalue weighted by Gasteiger charge is 2.37. The smallest absolute Gasteiger partial charge is 0.0542 e. The molecule has 97 heavy (non-hydrogen) atoms. The van der Waals surface area contributed by atoms with E-state index in [9.17, 15) is 0 Å². The van der Waals surface area contributed by atoms with Gasteiger partial charge in [0.05, 0.1) is 22.1 Å². The molecule has 0 bridgehead atoms. The Labute approximate surface area is 577 Å². The minimum Gasteiger partial charge on any atom is -0.356 e. The van der Waals surface area contributed by atoms with Gasteiger partial charge >= 0.3 is 0 Å². The molecule has 5 heteroatoms. The van der Waals surface area contributed by atoms with Crippen LogP contribution in [-0.2, 0) is 10.8 Å². The number of hydrogen-bond acceptors (Lipinski definition) is 2. The SMILES string of the molecule is Brc1ccc(C2(c3ccccc3)CCCCC2)cc1.c1ccc(N(c2ccc(C3(c4ccccc4)CCCCC3)cc2)c2ccc3c(c2)c2ccccc2n3-c2ccc3ccccc3c2)cc1.c1ccc(Nc2ccc3c(c2)c2ccccc2n3-c2ccc3ccccc3c2)cc1. The quantitative estimate of drug-likeness (QED) is 0.140. The summed E-state index contributed by atoms with van der Waals surface area (Å²) in [4.78, 5) is 2.40. The normalized spacial score (nSPS) is 14.2. The lowest BCUT2D eigenvalue weighted by molar-refractivity contribution is 0.346. The van der Waals surface area contributed by atoms with Crippen LogP contribution in [-0.4, -0.2) is 9.13 Å². The fraction of sp³-hybridized carbons (Fsp3) is 0.130. The highest BCUT2D eigenvalue weighted by atomic mass is 79.9. The van der Waals surface area contributed by atoms with Gasteiger partial charge < -0.3 is 19.4 Å². The number of nitrogens with one attached hydrogen (secondary N) is 1. The molecule has 18 rings (SSSR count). The van der Waals surface area contributed by atoms with Crippen molar-refractivity contribution in [1.82, 2.24) is 9.13 Å². The maximum atomic E-state index is 3.54. The van der Waals surface area contributed by atoms with Crippen LogP contribution >= 0.6 is 15.9 Å². The molecular weight excluding hydrogens is 1240 g/mol. The first-order chi connectivity index (χ1) is 48.0. The summed E-state index contributed by atoms with van der Waals surface area (Å²) in [5.41, 5.74) is 19.0. The van der Waals surface area contributed by atoms with E-state index in [0.717, 1.165) is 27.2 Å². The van der Waals surface area contributed by atoms with Gasteiger partial charge in [0, 0.05) is 76.7 Å². The molecule has 4 nitrogen and oxygen atoms in total. The third-order valence-electron chi connectivity index (χ3n) is 20.8. The highest BCUT2D eigenvalue weighted by molar-refractivity contribution is 9.10. The third kappa shape index (κ3) is 12.1. The van der Waals surface area contributed by atoms with Crippen LogP contribution in [0.2, 0.25) is 0 Å². The number of para-hydroxylation sites is 4. The van der Waals surface area contributed by atoms with Crippen molar-refractivity contribution in [3.63, 3.8) is 0 Å². The van der Waals surface area contributed by atoms with Crippen LogP contribution < -0.4 is 10.2 Å². The molecule has 2 aromatic heterocycles. The molecule has 472 valence electrons. The number of nitrogens with zero attached hydrogens (tertiary/aromatic N) is 3. The summed E-state index contributed by atoms with van der Waals surface area (Å²) in [7, 11) is 0. The van der Waals surface area contributed by atoms with E-state index in [2.05, 4.69) is 357 Å². The second kappa shape index (κ2) is 27.2. The van der Waals surface area contributed by atoms with Gasteiger partial charge in [-0.15, -0.1) is 0 Å². The second-order valence-electron chi connectivity index (χ2n) is 26.4. The first-order valence-electron chi connectivity index (χ1n) is 34.7. The Bertz CT molecular complexity index is 5380. The Morgan fingerprint density at radius 1 is 0.268 bits per heavy atom. The summed E-state index contributed by atoms with van der Waals surface area (Å²) < 4.78 is 5.94. The van der Waals surface area contributed by atoms with E-state index in [1.54, 1.807) is 0 Å². The van der Waals surface area contributed by atoms with Crippen molar-refractivity contribution in [1.29, 1.82) is 0 Å². The average molecular weight is 1320 g/mol. The van der Waals surface area contributed by atoms with Gasteiger partial charge in [0.15, 0.2) is 0 Å².